The number of amides is 1. The lowest BCUT2D eigenvalue weighted by atomic mass is 10.1. The van der Waals surface area contributed by atoms with Crippen molar-refractivity contribution in [2.75, 3.05) is 20.8 Å². The standard InChI is InChI=1S/C12H17NO4/c1-8(7-14)13-12(15)10-5-4-9(16-2)6-11(10)17-3/h4-6,8,14H,7H2,1-3H3,(H,13,15). The van der Waals surface area contributed by atoms with Crippen molar-refractivity contribution in [3.63, 3.8) is 0 Å². The second kappa shape index (κ2) is 6.10. The van der Waals surface area contributed by atoms with Crippen LogP contribution in [-0.2, 0) is 0 Å². The molecule has 1 aromatic carbocycles. The van der Waals surface area contributed by atoms with E-state index in [1.165, 1.54) is 7.11 Å². The van der Waals surface area contributed by atoms with Crippen LogP contribution < -0.4 is 14.8 Å². The molecule has 1 unspecified atom stereocenters. The van der Waals surface area contributed by atoms with Crippen LogP contribution >= 0.6 is 0 Å². The maximum atomic E-state index is 11.9. The average molecular weight is 239 g/mol. The molecule has 5 nitrogen and oxygen atoms in total. The van der Waals surface area contributed by atoms with Crippen molar-refractivity contribution in [1.29, 1.82) is 0 Å². The SMILES string of the molecule is COc1ccc(C(=O)NC(C)CO)c(OC)c1. The van der Waals surface area contributed by atoms with Crippen molar-refractivity contribution < 1.29 is 19.4 Å². The Balaban J connectivity index is 2.93. The van der Waals surface area contributed by atoms with Crippen LogP contribution in [0.2, 0.25) is 0 Å². The predicted molar refractivity (Wildman–Crippen MR) is 63.6 cm³/mol. The van der Waals surface area contributed by atoms with Crippen LogP contribution in [0, 0.1) is 0 Å². The summed E-state index contributed by atoms with van der Waals surface area (Å²) < 4.78 is 10.2. The van der Waals surface area contributed by atoms with Gasteiger partial charge < -0.3 is 19.9 Å². The highest BCUT2D eigenvalue weighted by molar-refractivity contribution is 5.97. The Kier molecular flexibility index (Phi) is 4.78. The first kappa shape index (κ1) is 13.3. The molecule has 0 saturated heterocycles. The molecule has 1 aromatic rings. The van der Waals surface area contributed by atoms with Crippen LogP contribution in [0.25, 0.3) is 0 Å². The normalized spacial score (nSPS) is 11.8. The molecular weight excluding hydrogens is 222 g/mol. The topological polar surface area (TPSA) is 67.8 Å². The van der Waals surface area contributed by atoms with E-state index in [4.69, 9.17) is 14.6 Å². The Labute approximate surface area is 100 Å². The van der Waals surface area contributed by atoms with Gasteiger partial charge in [-0.15, -0.1) is 0 Å². The summed E-state index contributed by atoms with van der Waals surface area (Å²) in [6, 6.07) is 4.64. The molecule has 0 bridgehead atoms. The third-order valence-corrected chi connectivity index (χ3v) is 2.30. The molecule has 5 heteroatoms. The Bertz CT molecular complexity index is 392. The molecule has 0 aliphatic heterocycles. The Hall–Kier alpha value is -1.75. The molecule has 2 N–H and O–H groups in total. The molecule has 1 rings (SSSR count). The Morgan fingerprint density at radius 2 is 2.12 bits per heavy atom. The molecule has 0 heterocycles. The highest BCUT2D eigenvalue weighted by Gasteiger charge is 2.14. The van der Waals surface area contributed by atoms with Gasteiger partial charge in [-0.1, -0.05) is 0 Å². The van der Waals surface area contributed by atoms with Gasteiger partial charge in [0, 0.05) is 12.1 Å². The number of aliphatic hydroxyl groups is 1. The highest BCUT2D eigenvalue weighted by atomic mass is 16.5. The smallest absolute Gasteiger partial charge is 0.255 e. The first-order chi connectivity index (χ1) is 8.12. The second-order valence-electron chi connectivity index (χ2n) is 3.62. The van der Waals surface area contributed by atoms with Crippen molar-refractivity contribution in [3.8, 4) is 11.5 Å². The third-order valence-electron chi connectivity index (χ3n) is 2.30. The van der Waals surface area contributed by atoms with Gasteiger partial charge in [0.15, 0.2) is 0 Å². The van der Waals surface area contributed by atoms with Crippen LogP contribution in [0.1, 0.15) is 17.3 Å². The minimum Gasteiger partial charge on any atom is -0.497 e. The van der Waals surface area contributed by atoms with E-state index in [9.17, 15) is 4.79 Å². The number of carbonyl (C=O) groups excluding carboxylic acids is 1. The number of methoxy groups -OCH3 is 2. The first-order valence-corrected chi connectivity index (χ1v) is 5.26. The van der Waals surface area contributed by atoms with Gasteiger partial charge in [0.2, 0.25) is 0 Å². The predicted octanol–water partition coefficient (Wildman–Crippen LogP) is 0.814. The van der Waals surface area contributed by atoms with E-state index in [2.05, 4.69) is 5.32 Å². The van der Waals surface area contributed by atoms with Crippen molar-refractivity contribution >= 4 is 5.91 Å². The van der Waals surface area contributed by atoms with Crippen LogP contribution in [0.4, 0.5) is 0 Å². The lowest BCUT2D eigenvalue weighted by molar-refractivity contribution is 0.0919. The van der Waals surface area contributed by atoms with Crippen LogP contribution in [-0.4, -0.2) is 37.9 Å². The fourth-order valence-corrected chi connectivity index (χ4v) is 1.33. The molecule has 0 aliphatic carbocycles. The molecule has 1 atom stereocenters. The van der Waals surface area contributed by atoms with E-state index >= 15 is 0 Å². The van der Waals surface area contributed by atoms with Crippen molar-refractivity contribution in [2.24, 2.45) is 0 Å². The zero-order chi connectivity index (χ0) is 12.8. The molecule has 0 aromatic heterocycles. The van der Waals surface area contributed by atoms with Crippen LogP contribution in [0.15, 0.2) is 18.2 Å². The second-order valence-corrected chi connectivity index (χ2v) is 3.62. The summed E-state index contributed by atoms with van der Waals surface area (Å²) in [5, 5.41) is 11.5. The summed E-state index contributed by atoms with van der Waals surface area (Å²) in [5.41, 5.74) is 0.411. The number of benzene rings is 1. The molecule has 94 valence electrons. The maximum Gasteiger partial charge on any atom is 0.255 e. The number of rotatable bonds is 5. The van der Waals surface area contributed by atoms with E-state index in [-0.39, 0.29) is 18.6 Å². The molecular formula is C12H17NO4. The number of hydrogen-bond acceptors (Lipinski definition) is 4. The van der Waals surface area contributed by atoms with E-state index in [1.54, 1.807) is 32.2 Å². The molecule has 0 saturated carbocycles. The lowest BCUT2D eigenvalue weighted by Crippen LogP contribution is -2.35. The van der Waals surface area contributed by atoms with E-state index < -0.39 is 0 Å². The monoisotopic (exact) mass is 239 g/mol. The third kappa shape index (κ3) is 3.35. The minimum absolute atomic E-state index is 0.107. The molecule has 17 heavy (non-hydrogen) atoms. The molecule has 0 fully saturated rings. The van der Waals surface area contributed by atoms with Gasteiger partial charge in [-0.2, -0.15) is 0 Å². The highest BCUT2D eigenvalue weighted by Crippen LogP contribution is 2.24. The molecule has 0 spiro atoms. The van der Waals surface area contributed by atoms with Gasteiger partial charge in [0.05, 0.1) is 26.4 Å². The number of hydrogen-bond donors (Lipinski definition) is 2. The van der Waals surface area contributed by atoms with Gasteiger partial charge in [0.1, 0.15) is 11.5 Å². The minimum atomic E-state index is -0.297. The quantitative estimate of drug-likeness (QED) is 0.798. The van der Waals surface area contributed by atoms with Crippen LogP contribution in [0.3, 0.4) is 0 Å². The molecule has 0 aliphatic rings. The Morgan fingerprint density at radius 3 is 2.65 bits per heavy atom. The fourth-order valence-electron chi connectivity index (χ4n) is 1.33. The largest absolute Gasteiger partial charge is 0.497 e. The summed E-state index contributed by atoms with van der Waals surface area (Å²) >= 11 is 0. The number of nitrogens with one attached hydrogen (secondary N) is 1. The zero-order valence-corrected chi connectivity index (χ0v) is 10.2. The van der Waals surface area contributed by atoms with Gasteiger partial charge >= 0.3 is 0 Å². The summed E-state index contributed by atoms with van der Waals surface area (Å²) in [6.45, 7) is 1.61. The zero-order valence-electron chi connectivity index (χ0n) is 10.2. The summed E-state index contributed by atoms with van der Waals surface area (Å²) in [7, 11) is 3.03. The van der Waals surface area contributed by atoms with E-state index in [0.717, 1.165) is 0 Å². The van der Waals surface area contributed by atoms with Crippen molar-refractivity contribution in [2.45, 2.75) is 13.0 Å². The number of aliphatic hydroxyl groups excluding tert-OH is 1. The van der Waals surface area contributed by atoms with Crippen molar-refractivity contribution in [1.82, 2.24) is 5.32 Å². The summed E-state index contributed by atoms with van der Waals surface area (Å²) in [4.78, 5) is 11.9. The number of ether oxygens (including phenoxy) is 2. The van der Waals surface area contributed by atoms with E-state index in [0.29, 0.717) is 17.1 Å². The molecule has 1 amide bonds. The van der Waals surface area contributed by atoms with Gasteiger partial charge in [-0.3, -0.25) is 4.79 Å². The van der Waals surface area contributed by atoms with Gasteiger partial charge in [-0.05, 0) is 19.1 Å². The van der Waals surface area contributed by atoms with Gasteiger partial charge in [0.25, 0.3) is 5.91 Å². The summed E-state index contributed by atoms with van der Waals surface area (Å²) in [5.74, 6) is 0.770. The maximum absolute atomic E-state index is 11.9. The Morgan fingerprint density at radius 1 is 1.41 bits per heavy atom. The fraction of sp³-hybridized carbons (Fsp3) is 0.417. The molecule has 0 radical (unpaired) electrons. The summed E-state index contributed by atoms with van der Waals surface area (Å²) in [6.07, 6.45) is 0. The lowest BCUT2D eigenvalue weighted by Gasteiger charge is -2.13. The van der Waals surface area contributed by atoms with Crippen LogP contribution in [0.5, 0.6) is 11.5 Å². The first-order valence-electron chi connectivity index (χ1n) is 5.26. The van der Waals surface area contributed by atoms with Crippen molar-refractivity contribution in [3.05, 3.63) is 23.8 Å². The van der Waals surface area contributed by atoms with E-state index in [1.807, 2.05) is 0 Å². The average Bonchev–Trinajstić information content (AvgIpc) is 2.37. The number of carbonyl (C=O) groups is 1. The van der Waals surface area contributed by atoms with Gasteiger partial charge in [-0.25, -0.2) is 0 Å².